The third kappa shape index (κ3) is 4.35. The van der Waals surface area contributed by atoms with Crippen molar-refractivity contribution in [2.75, 3.05) is 13.2 Å². The fourth-order valence-electron chi connectivity index (χ4n) is 4.17. The van der Waals surface area contributed by atoms with Crippen molar-refractivity contribution in [2.45, 2.75) is 57.2 Å². The maximum atomic E-state index is 10.2. The van der Waals surface area contributed by atoms with Crippen molar-refractivity contribution in [3.63, 3.8) is 0 Å². The highest BCUT2D eigenvalue weighted by molar-refractivity contribution is 6.99. The summed E-state index contributed by atoms with van der Waals surface area (Å²) in [6.45, 7) is 10.1. The third-order valence-electron chi connectivity index (χ3n) is 5.72. The summed E-state index contributed by atoms with van der Waals surface area (Å²) in [5.74, 6) is 0. The molecular weight excluding hydrogens is 350 g/mol. The Morgan fingerprint density at radius 3 is 1.96 bits per heavy atom. The molecule has 0 aromatic heterocycles. The van der Waals surface area contributed by atoms with Gasteiger partial charge in [-0.1, -0.05) is 81.4 Å². The second-order valence-electron chi connectivity index (χ2n) is 9.09. The average Bonchev–Trinajstić information content (AvgIpc) is 2.64. The highest BCUT2D eigenvalue weighted by Gasteiger charge is 2.50. The Morgan fingerprint density at radius 2 is 1.56 bits per heavy atom. The van der Waals surface area contributed by atoms with Gasteiger partial charge >= 0.3 is 0 Å². The molecule has 2 N–H and O–H groups in total. The van der Waals surface area contributed by atoms with Crippen LogP contribution in [-0.4, -0.2) is 38.2 Å². The van der Waals surface area contributed by atoms with Gasteiger partial charge in [-0.05, 0) is 35.2 Å². The smallest absolute Gasteiger partial charge is 0.261 e. The van der Waals surface area contributed by atoms with E-state index in [1.54, 1.807) is 0 Å². The summed E-state index contributed by atoms with van der Waals surface area (Å²) in [5, 5.41) is 16.3. The second kappa shape index (κ2) is 7.88. The van der Waals surface area contributed by atoms with Crippen LogP contribution in [-0.2, 0) is 4.43 Å². The first-order chi connectivity index (χ1) is 12.7. The molecule has 27 heavy (non-hydrogen) atoms. The van der Waals surface area contributed by atoms with E-state index in [1.807, 2.05) is 6.92 Å². The molecule has 0 spiro atoms. The summed E-state index contributed by atoms with van der Waals surface area (Å²) < 4.78 is 6.97. The lowest BCUT2D eigenvalue weighted by molar-refractivity contribution is 0.0181. The van der Waals surface area contributed by atoms with Crippen LogP contribution in [0.1, 0.15) is 40.5 Å². The molecule has 3 rings (SSSR count). The van der Waals surface area contributed by atoms with Crippen molar-refractivity contribution in [2.24, 2.45) is 0 Å². The average molecular weight is 384 g/mol. The Hall–Kier alpha value is -1.46. The minimum absolute atomic E-state index is 0.00410. The zero-order valence-electron chi connectivity index (χ0n) is 17.0. The first-order valence-corrected chi connectivity index (χ1v) is 11.9. The van der Waals surface area contributed by atoms with Gasteiger partial charge < -0.3 is 14.8 Å². The number of benzene rings is 2. The van der Waals surface area contributed by atoms with Crippen LogP contribution in [0, 0.1) is 0 Å². The van der Waals surface area contributed by atoms with E-state index in [-0.39, 0.29) is 11.1 Å². The Labute approximate surface area is 164 Å². The van der Waals surface area contributed by atoms with E-state index in [0.717, 1.165) is 12.8 Å². The molecule has 1 aliphatic heterocycles. The van der Waals surface area contributed by atoms with Gasteiger partial charge in [-0.15, -0.1) is 0 Å². The number of aliphatic hydroxyl groups is 1. The zero-order chi connectivity index (χ0) is 19.5. The van der Waals surface area contributed by atoms with Crippen LogP contribution in [0.15, 0.2) is 60.7 Å². The number of β-amino-alcohol motifs (C(OH)–C–C–N with tert-alkyl or cyclic N) is 1. The molecule has 1 aliphatic rings. The molecule has 0 aliphatic carbocycles. The fraction of sp³-hybridized carbons (Fsp3) is 0.478. The van der Waals surface area contributed by atoms with Crippen LogP contribution in [0.25, 0.3) is 0 Å². The summed E-state index contributed by atoms with van der Waals surface area (Å²) in [6.07, 6.45) is 1.75. The Morgan fingerprint density at radius 1 is 1.04 bits per heavy atom. The molecule has 1 unspecified atom stereocenters. The number of rotatable bonds is 5. The Balaban J connectivity index is 1.95. The van der Waals surface area contributed by atoms with Crippen molar-refractivity contribution >= 4 is 18.7 Å². The van der Waals surface area contributed by atoms with E-state index in [4.69, 9.17) is 4.43 Å². The van der Waals surface area contributed by atoms with Gasteiger partial charge in [0.15, 0.2) is 0 Å². The van der Waals surface area contributed by atoms with Crippen LogP contribution in [0.2, 0.25) is 5.04 Å². The van der Waals surface area contributed by atoms with Crippen LogP contribution < -0.4 is 15.7 Å². The number of hydrogen-bond acceptors (Lipinski definition) is 3. The van der Waals surface area contributed by atoms with E-state index in [0.29, 0.717) is 13.2 Å². The number of hydrogen-bond donors (Lipinski definition) is 2. The molecule has 0 saturated carbocycles. The monoisotopic (exact) mass is 383 g/mol. The molecule has 1 saturated heterocycles. The van der Waals surface area contributed by atoms with Gasteiger partial charge in [0.25, 0.3) is 8.32 Å². The van der Waals surface area contributed by atoms with Crippen LogP contribution in [0.4, 0.5) is 0 Å². The van der Waals surface area contributed by atoms with E-state index in [9.17, 15) is 5.11 Å². The predicted octanol–water partition coefficient (Wildman–Crippen LogP) is 3.07. The van der Waals surface area contributed by atoms with Crippen LogP contribution in [0.3, 0.4) is 0 Å². The highest BCUT2D eigenvalue weighted by Crippen LogP contribution is 2.37. The summed E-state index contributed by atoms with van der Waals surface area (Å²) >= 11 is 0. The standard InChI is InChI=1S/C23H33NO2Si/c1-22(2,3)27(20-11-7-5-8-12-20,21-13-9-6-10-14-21)26-17-19-15-16-23(4,25)18-24-19/h5-14,19,24-25H,15-18H2,1-4H3/t19-,23?/m1/s1. The van der Waals surface area contributed by atoms with Gasteiger partial charge in [-0.3, -0.25) is 0 Å². The van der Waals surface area contributed by atoms with E-state index in [1.165, 1.54) is 10.4 Å². The molecule has 1 fully saturated rings. The van der Waals surface area contributed by atoms with Crippen LogP contribution in [0.5, 0.6) is 0 Å². The highest BCUT2D eigenvalue weighted by atomic mass is 28.4. The van der Waals surface area contributed by atoms with E-state index < -0.39 is 13.9 Å². The second-order valence-corrected chi connectivity index (χ2v) is 13.4. The van der Waals surface area contributed by atoms with Gasteiger partial charge in [-0.25, -0.2) is 0 Å². The summed E-state index contributed by atoms with van der Waals surface area (Å²) in [5.41, 5.74) is -0.603. The lowest BCUT2D eigenvalue weighted by Crippen LogP contribution is -2.67. The largest absolute Gasteiger partial charge is 0.406 e. The molecular formula is C23H33NO2Si. The minimum Gasteiger partial charge on any atom is -0.406 e. The molecule has 4 heteroatoms. The number of piperidine rings is 1. The van der Waals surface area contributed by atoms with Gasteiger partial charge in [0, 0.05) is 12.6 Å². The first kappa shape index (κ1) is 20.3. The van der Waals surface area contributed by atoms with Gasteiger partial charge in [0.1, 0.15) is 0 Å². The van der Waals surface area contributed by atoms with Crippen molar-refractivity contribution in [3.05, 3.63) is 60.7 Å². The molecule has 3 nitrogen and oxygen atoms in total. The van der Waals surface area contributed by atoms with Crippen molar-refractivity contribution < 1.29 is 9.53 Å². The Bertz CT molecular complexity index is 676. The quantitative estimate of drug-likeness (QED) is 0.780. The normalized spacial score (nSPS) is 24.0. The molecule has 2 aromatic carbocycles. The minimum atomic E-state index is -2.47. The van der Waals surface area contributed by atoms with Gasteiger partial charge in [0.2, 0.25) is 0 Å². The molecule has 2 aromatic rings. The molecule has 1 heterocycles. The Kier molecular flexibility index (Phi) is 5.92. The summed E-state index contributed by atoms with van der Waals surface area (Å²) in [4.78, 5) is 0. The first-order valence-electron chi connectivity index (χ1n) is 9.95. The van der Waals surface area contributed by atoms with Crippen molar-refractivity contribution in [1.29, 1.82) is 0 Å². The van der Waals surface area contributed by atoms with Crippen molar-refractivity contribution in [1.82, 2.24) is 5.32 Å². The maximum absolute atomic E-state index is 10.2. The fourth-order valence-corrected chi connectivity index (χ4v) is 8.78. The molecule has 0 radical (unpaired) electrons. The molecule has 146 valence electrons. The zero-order valence-corrected chi connectivity index (χ0v) is 18.0. The SMILES string of the molecule is CC1(O)CC[C@H](CO[Si](c2ccccc2)(c2ccccc2)C(C)(C)C)NC1. The molecule has 2 atom stereocenters. The molecule has 0 amide bonds. The van der Waals surface area contributed by atoms with Crippen molar-refractivity contribution in [3.8, 4) is 0 Å². The summed E-state index contributed by atoms with van der Waals surface area (Å²) in [7, 11) is -2.47. The van der Waals surface area contributed by atoms with E-state index in [2.05, 4.69) is 86.8 Å². The number of nitrogens with one attached hydrogen (secondary N) is 1. The topological polar surface area (TPSA) is 41.5 Å². The predicted molar refractivity (Wildman–Crippen MR) is 115 cm³/mol. The lowest BCUT2D eigenvalue weighted by Gasteiger charge is -2.44. The van der Waals surface area contributed by atoms with Gasteiger partial charge in [-0.2, -0.15) is 0 Å². The third-order valence-corrected chi connectivity index (χ3v) is 10.7. The molecule has 0 bridgehead atoms. The van der Waals surface area contributed by atoms with Gasteiger partial charge in [0.05, 0.1) is 12.2 Å². The maximum Gasteiger partial charge on any atom is 0.261 e. The van der Waals surface area contributed by atoms with Crippen LogP contribution >= 0.6 is 0 Å². The summed E-state index contributed by atoms with van der Waals surface area (Å²) in [6, 6.07) is 21.8. The lowest BCUT2D eigenvalue weighted by atomic mass is 9.93. The van der Waals surface area contributed by atoms with E-state index >= 15 is 0 Å².